The van der Waals surface area contributed by atoms with Crippen LogP contribution >= 0.6 is 23.4 Å². The summed E-state index contributed by atoms with van der Waals surface area (Å²) in [5.41, 5.74) is 2.29. The number of aromatic nitrogens is 2. The number of thioether (sulfide) groups is 1. The Bertz CT molecular complexity index is 713. The zero-order valence-electron chi connectivity index (χ0n) is 12.1. The van der Waals surface area contributed by atoms with Crippen LogP contribution in [0.1, 0.15) is 23.2 Å². The van der Waals surface area contributed by atoms with Crippen molar-refractivity contribution >= 4 is 45.5 Å². The molecule has 0 unspecified atom stereocenters. The monoisotopic (exact) mass is 336 g/mol. The lowest BCUT2D eigenvalue weighted by atomic mass is 10.1. The van der Waals surface area contributed by atoms with Gasteiger partial charge in [-0.15, -0.1) is 11.6 Å². The summed E-state index contributed by atoms with van der Waals surface area (Å²) in [6, 6.07) is 5.68. The fourth-order valence-corrected chi connectivity index (χ4v) is 3.31. The molecule has 1 aliphatic heterocycles. The minimum Gasteiger partial charge on any atom is -0.331 e. The van der Waals surface area contributed by atoms with E-state index in [0.29, 0.717) is 16.6 Å². The van der Waals surface area contributed by atoms with Crippen molar-refractivity contribution in [2.24, 2.45) is 4.99 Å². The summed E-state index contributed by atoms with van der Waals surface area (Å²) in [6.45, 7) is 1.62. The fraction of sp³-hybridized carbons (Fsp3) is 0.400. The van der Waals surface area contributed by atoms with Gasteiger partial charge in [0.1, 0.15) is 5.52 Å². The zero-order valence-corrected chi connectivity index (χ0v) is 13.7. The Hall–Kier alpha value is -1.53. The molecule has 0 aliphatic carbocycles. The first-order valence-corrected chi connectivity index (χ1v) is 8.80. The number of imidazole rings is 1. The van der Waals surface area contributed by atoms with Gasteiger partial charge in [-0.2, -0.15) is 0 Å². The van der Waals surface area contributed by atoms with Crippen LogP contribution in [0, 0.1) is 0 Å². The van der Waals surface area contributed by atoms with Gasteiger partial charge in [0.2, 0.25) is 0 Å². The number of benzene rings is 1. The molecule has 1 amide bonds. The highest BCUT2D eigenvalue weighted by Crippen LogP contribution is 2.19. The summed E-state index contributed by atoms with van der Waals surface area (Å²) in [4.78, 5) is 21.1. The van der Waals surface area contributed by atoms with Gasteiger partial charge in [-0.3, -0.25) is 9.79 Å². The molecule has 1 aromatic carbocycles. The summed E-state index contributed by atoms with van der Waals surface area (Å²) in [7, 11) is 0. The number of para-hydroxylation sites is 1. The van der Waals surface area contributed by atoms with Crippen molar-refractivity contribution in [3.05, 3.63) is 30.1 Å². The van der Waals surface area contributed by atoms with Gasteiger partial charge in [0, 0.05) is 18.2 Å². The van der Waals surface area contributed by atoms with E-state index in [4.69, 9.17) is 11.6 Å². The first-order valence-electron chi connectivity index (χ1n) is 7.28. The lowest BCUT2D eigenvalue weighted by molar-refractivity contribution is 0.0979. The summed E-state index contributed by atoms with van der Waals surface area (Å²) in [5, 5.41) is 3.55. The van der Waals surface area contributed by atoms with E-state index in [-0.39, 0.29) is 5.91 Å². The standard InChI is InChI=1S/C15H17ClN4OS/c16-6-1-2-8-20-10-18-13-11(4-3-5-12(13)20)14(21)19-15-17-7-9-22-15/h3-5,10H,1-2,6-9H2,(H,17,19,21). The van der Waals surface area contributed by atoms with Crippen molar-refractivity contribution in [1.29, 1.82) is 0 Å². The average Bonchev–Trinajstić information content (AvgIpc) is 3.17. The molecule has 1 aromatic heterocycles. The molecule has 0 radical (unpaired) electrons. The molecule has 0 saturated heterocycles. The van der Waals surface area contributed by atoms with Crippen molar-refractivity contribution in [3.8, 4) is 0 Å². The van der Waals surface area contributed by atoms with Gasteiger partial charge >= 0.3 is 0 Å². The summed E-state index contributed by atoms with van der Waals surface area (Å²) >= 11 is 7.29. The number of amidine groups is 1. The van der Waals surface area contributed by atoms with Gasteiger partial charge in [0.15, 0.2) is 5.17 Å². The van der Waals surface area contributed by atoms with Crippen molar-refractivity contribution < 1.29 is 4.79 Å². The van der Waals surface area contributed by atoms with E-state index in [1.165, 1.54) is 0 Å². The lowest BCUT2D eigenvalue weighted by Crippen LogP contribution is -2.27. The smallest absolute Gasteiger partial charge is 0.259 e. The van der Waals surface area contributed by atoms with Crippen LogP contribution in [0.15, 0.2) is 29.5 Å². The molecule has 0 spiro atoms. The topological polar surface area (TPSA) is 59.3 Å². The Balaban J connectivity index is 1.82. The normalized spacial score (nSPS) is 14.3. The van der Waals surface area contributed by atoms with Crippen molar-refractivity contribution in [2.75, 3.05) is 18.2 Å². The lowest BCUT2D eigenvalue weighted by Gasteiger charge is -2.06. The minimum absolute atomic E-state index is 0.148. The number of aliphatic imine (C=N–C) groups is 1. The van der Waals surface area contributed by atoms with E-state index >= 15 is 0 Å². The SMILES string of the molecule is O=C(NC1=NCCS1)c1cccc2c1ncn2CCCCCl. The number of hydrogen-bond donors (Lipinski definition) is 1. The van der Waals surface area contributed by atoms with Crippen molar-refractivity contribution in [3.63, 3.8) is 0 Å². The van der Waals surface area contributed by atoms with E-state index in [1.54, 1.807) is 24.2 Å². The molecule has 0 saturated carbocycles. The van der Waals surface area contributed by atoms with Gasteiger partial charge in [-0.25, -0.2) is 4.98 Å². The number of carbonyl (C=O) groups is 1. The molecule has 1 aliphatic rings. The maximum absolute atomic E-state index is 12.4. The number of halogens is 1. The van der Waals surface area contributed by atoms with Crippen LogP contribution in [0.25, 0.3) is 11.0 Å². The van der Waals surface area contributed by atoms with Crippen LogP contribution in [0.2, 0.25) is 0 Å². The number of amides is 1. The Labute approximate surface area is 138 Å². The second-order valence-corrected chi connectivity index (χ2v) is 6.46. The summed E-state index contributed by atoms with van der Waals surface area (Å²) < 4.78 is 2.07. The summed E-state index contributed by atoms with van der Waals surface area (Å²) in [5.74, 6) is 1.44. The second-order valence-electron chi connectivity index (χ2n) is 5.00. The molecule has 7 heteroatoms. The van der Waals surface area contributed by atoms with Crippen LogP contribution in [0.5, 0.6) is 0 Å². The number of carbonyl (C=O) groups excluding carboxylic acids is 1. The highest BCUT2D eigenvalue weighted by atomic mass is 35.5. The summed E-state index contributed by atoms with van der Waals surface area (Å²) in [6.07, 6.45) is 3.76. The molecular weight excluding hydrogens is 320 g/mol. The Kier molecular flexibility index (Phi) is 5.00. The number of hydrogen-bond acceptors (Lipinski definition) is 4. The molecule has 0 bridgehead atoms. The molecule has 0 fully saturated rings. The first-order chi connectivity index (χ1) is 10.8. The molecule has 0 atom stereocenters. The maximum atomic E-state index is 12.4. The molecule has 1 N–H and O–H groups in total. The molecule has 2 aromatic rings. The van der Waals surface area contributed by atoms with Gasteiger partial charge < -0.3 is 9.88 Å². The van der Waals surface area contributed by atoms with E-state index in [0.717, 1.165) is 42.7 Å². The average molecular weight is 337 g/mol. The number of alkyl halides is 1. The van der Waals surface area contributed by atoms with E-state index in [1.807, 2.05) is 12.1 Å². The predicted molar refractivity (Wildman–Crippen MR) is 91.9 cm³/mol. The zero-order chi connectivity index (χ0) is 15.4. The van der Waals surface area contributed by atoms with Crippen LogP contribution in [0.4, 0.5) is 0 Å². The van der Waals surface area contributed by atoms with Gasteiger partial charge in [0.25, 0.3) is 5.91 Å². The highest BCUT2D eigenvalue weighted by Gasteiger charge is 2.16. The number of rotatable bonds is 5. The van der Waals surface area contributed by atoms with Crippen LogP contribution < -0.4 is 5.32 Å². The maximum Gasteiger partial charge on any atom is 0.259 e. The number of unbranched alkanes of at least 4 members (excludes halogenated alkanes) is 1. The van der Waals surface area contributed by atoms with Crippen LogP contribution in [-0.2, 0) is 6.54 Å². The van der Waals surface area contributed by atoms with Crippen LogP contribution in [-0.4, -0.2) is 38.8 Å². The molecule has 3 rings (SSSR count). The van der Waals surface area contributed by atoms with Gasteiger partial charge in [-0.05, 0) is 25.0 Å². The van der Waals surface area contributed by atoms with E-state index in [2.05, 4.69) is 19.9 Å². The van der Waals surface area contributed by atoms with Gasteiger partial charge in [-0.1, -0.05) is 17.8 Å². The minimum atomic E-state index is -0.148. The number of nitrogens with one attached hydrogen (secondary N) is 1. The Morgan fingerprint density at radius 2 is 2.32 bits per heavy atom. The van der Waals surface area contributed by atoms with E-state index in [9.17, 15) is 4.79 Å². The van der Waals surface area contributed by atoms with E-state index < -0.39 is 0 Å². The van der Waals surface area contributed by atoms with Crippen LogP contribution in [0.3, 0.4) is 0 Å². The second kappa shape index (κ2) is 7.15. The number of fused-ring (bicyclic) bond motifs is 1. The van der Waals surface area contributed by atoms with Crippen molar-refractivity contribution in [1.82, 2.24) is 14.9 Å². The first kappa shape index (κ1) is 15.4. The Morgan fingerprint density at radius 3 is 3.09 bits per heavy atom. The molecular formula is C15H17ClN4OS. The quantitative estimate of drug-likeness (QED) is 0.674. The Morgan fingerprint density at radius 1 is 1.41 bits per heavy atom. The van der Waals surface area contributed by atoms with Crippen molar-refractivity contribution in [2.45, 2.75) is 19.4 Å². The molecule has 22 heavy (non-hydrogen) atoms. The predicted octanol–water partition coefficient (Wildman–Crippen LogP) is 2.89. The molecule has 116 valence electrons. The molecule has 5 nitrogen and oxygen atoms in total. The fourth-order valence-electron chi connectivity index (χ4n) is 2.40. The number of aryl methyl sites for hydroxylation is 1. The third-order valence-electron chi connectivity index (χ3n) is 3.48. The van der Waals surface area contributed by atoms with Gasteiger partial charge in [0.05, 0.1) is 24.0 Å². The third kappa shape index (κ3) is 3.28. The third-order valence-corrected chi connectivity index (χ3v) is 4.64. The largest absolute Gasteiger partial charge is 0.331 e. The molecule has 2 heterocycles. The highest BCUT2D eigenvalue weighted by molar-refractivity contribution is 8.14. The number of nitrogens with zero attached hydrogens (tertiary/aromatic N) is 3.